The zero-order valence-corrected chi connectivity index (χ0v) is 17.0. The molecule has 3 nitrogen and oxygen atoms in total. The van der Waals surface area contributed by atoms with Crippen molar-refractivity contribution in [2.45, 2.75) is 44.9 Å². The Morgan fingerprint density at radius 2 is 1.83 bits per heavy atom. The number of halogens is 1. The Labute approximate surface area is 174 Å². The second kappa shape index (κ2) is 9.23. The smallest absolute Gasteiger partial charge is 0.264 e. The van der Waals surface area contributed by atoms with E-state index in [1.807, 2.05) is 46.7 Å². The number of carbonyl (C=O) groups excluding carboxylic acids is 1. The molecular weight excluding hydrogens is 385 g/mol. The van der Waals surface area contributed by atoms with Gasteiger partial charge < -0.3 is 9.64 Å². The van der Waals surface area contributed by atoms with Crippen LogP contribution in [0.4, 0.5) is 4.39 Å². The maximum atomic E-state index is 13.1. The SMILES string of the molecule is O=C(c1cccs1)N(Cc1cccc(OCc2ccc(F)cc2)c1)C1CCCC1. The molecule has 0 atom stereocenters. The molecule has 0 bridgehead atoms. The summed E-state index contributed by atoms with van der Waals surface area (Å²) in [5, 5.41) is 1.95. The molecule has 29 heavy (non-hydrogen) atoms. The molecule has 1 amide bonds. The van der Waals surface area contributed by atoms with E-state index in [0.29, 0.717) is 19.2 Å². The van der Waals surface area contributed by atoms with Gasteiger partial charge in [0.1, 0.15) is 18.2 Å². The van der Waals surface area contributed by atoms with E-state index in [-0.39, 0.29) is 11.7 Å². The van der Waals surface area contributed by atoms with Crippen molar-refractivity contribution in [3.8, 4) is 5.75 Å². The van der Waals surface area contributed by atoms with Crippen molar-refractivity contribution in [2.75, 3.05) is 0 Å². The number of amides is 1. The minimum Gasteiger partial charge on any atom is -0.489 e. The standard InChI is InChI=1S/C24H24FNO2S/c25-20-12-10-18(11-13-20)17-28-22-8-3-5-19(15-22)16-26(21-6-1-2-7-21)24(27)23-9-4-14-29-23/h3-5,8-15,21H,1-2,6-7,16-17H2. The summed E-state index contributed by atoms with van der Waals surface area (Å²) in [7, 11) is 0. The van der Waals surface area contributed by atoms with E-state index >= 15 is 0 Å². The summed E-state index contributed by atoms with van der Waals surface area (Å²) in [5.41, 5.74) is 1.97. The highest BCUT2D eigenvalue weighted by Crippen LogP contribution is 2.28. The molecule has 1 fully saturated rings. The third-order valence-corrected chi connectivity index (χ3v) is 6.19. The van der Waals surface area contributed by atoms with E-state index in [1.54, 1.807) is 12.1 Å². The maximum Gasteiger partial charge on any atom is 0.264 e. The van der Waals surface area contributed by atoms with Crippen molar-refractivity contribution in [3.63, 3.8) is 0 Å². The van der Waals surface area contributed by atoms with Crippen LogP contribution in [0.5, 0.6) is 5.75 Å². The van der Waals surface area contributed by atoms with Crippen LogP contribution in [0.2, 0.25) is 0 Å². The Bertz CT molecular complexity index is 934. The molecule has 1 aliphatic rings. The van der Waals surface area contributed by atoms with Crippen LogP contribution in [0, 0.1) is 5.82 Å². The summed E-state index contributed by atoms with van der Waals surface area (Å²) in [6, 6.07) is 18.3. The van der Waals surface area contributed by atoms with Gasteiger partial charge in [0.05, 0.1) is 4.88 Å². The molecule has 1 saturated carbocycles. The first-order valence-corrected chi connectivity index (χ1v) is 10.9. The Balaban J connectivity index is 1.46. The quantitative estimate of drug-likeness (QED) is 0.475. The molecule has 0 spiro atoms. The van der Waals surface area contributed by atoms with Crippen molar-refractivity contribution >= 4 is 17.2 Å². The lowest BCUT2D eigenvalue weighted by molar-refractivity contribution is 0.0669. The van der Waals surface area contributed by atoms with Crippen molar-refractivity contribution in [2.24, 2.45) is 0 Å². The van der Waals surface area contributed by atoms with Gasteiger partial charge >= 0.3 is 0 Å². The number of rotatable bonds is 7. The predicted molar refractivity (Wildman–Crippen MR) is 114 cm³/mol. The summed E-state index contributed by atoms with van der Waals surface area (Å²) < 4.78 is 18.9. The average Bonchev–Trinajstić information content (AvgIpc) is 3.46. The molecule has 1 heterocycles. The van der Waals surface area contributed by atoms with E-state index in [4.69, 9.17) is 4.74 Å². The first-order valence-electron chi connectivity index (χ1n) is 10.00. The predicted octanol–water partition coefficient (Wildman–Crippen LogP) is 6.05. The number of carbonyl (C=O) groups is 1. The fraction of sp³-hybridized carbons (Fsp3) is 0.292. The van der Waals surface area contributed by atoms with Crippen LogP contribution >= 0.6 is 11.3 Å². The van der Waals surface area contributed by atoms with Gasteiger partial charge in [-0.25, -0.2) is 4.39 Å². The van der Waals surface area contributed by atoms with Crippen molar-refractivity contribution in [3.05, 3.63) is 87.9 Å². The van der Waals surface area contributed by atoms with E-state index in [0.717, 1.165) is 34.6 Å². The number of hydrogen-bond donors (Lipinski definition) is 0. The monoisotopic (exact) mass is 409 g/mol. The summed E-state index contributed by atoms with van der Waals surface area (Å²) in [5.74, 6) is 0.615. The molecule has 0 saturated heterocycles. The first kappa shape index (κ1) is 19.6. The third-order valence-electron chi connectivity index (χ3n) is 5.33. The average molecular weight is 410 g/mol. The van der Waals surface area contributed by atoms with Gasteiger partial charge in [0, 0.05) is 12.6 Å². The number of benzene rings is 2. The first-order chi connectivity index (χ1) is 14.2. The van der Waals surface area contributed by atoms with Crippen LogP contribution in [-0.4, -0.2) is 16.8 Å². The van der Waals surface area contributed by atoms with Gasteiger partial charge in [0.2, 0.25) is 0 Å². The molecule has 0 unspecified atom stereocenters. The summed E-state index contributed by atoms with van der Waals surface area (Å²) >= 11 is 1.50. The summed E-state index contributed by atoms with van der Waals surface area (Å²) in [4.78, 5) is 15.9. The van der Waals surface area contributed by atoms with E-state index < -0.39 is 0 Å². The van der Waals surface area contributed by atoms with E-state index in [9.17, 15) is 9.18 Å². The number of thiophene rings is 1. The molecule has 3 aromatic rings. The molecule has 5 heteroatoms. The third kappa shape index (κ3) is 5.04. The fourth-order valence-corrected chi connectivity index (χ4v) is 4.48. The number of ether oxygens (including phenoxy) is 1. The topological polar surface area (TPSA) is 29.5 Å². The lowest BCUT2D eigenvalue weighted by atomic mass is 10.1. The van der Waals surface area contributed by atoms with Gasteiger partial charge in [-0.05, 0) is 59.7 Å². The summed E-state index contributed by atoms with van der Waals surface area (Å²) in [6.07, 6.45) is 4.50. The second-order valence-electron chi connectivity index (χ2n) is 7.41. The summed E-state index contributed by atoms with van der Waals surface area (Å²) in [6.45, 7) is 0.958. The molecule has 1 aliphatic carbocycles. The van der Waals surface area contributed by atoms with Gasteiger partial charge in [0.15, 0.2) is 0 Å². The highest BCUT2D eigenvalue weighted by molar-refractivity contribution is 7.12. The molecule has 0 radical (unpaired) electrons. The second-order valence-corrected chi connectivity index (χ2v) is 8.36. The molecule has 2 aromatic carbocycles. The molecule has 0 N–H and O–H groups in total. The van der Waals surface area contributed by atoms with Crippen molar-refractivity contribution in [1.29, 1.82) is 0 Å². The highest BCUT2D eigenvalue weighted by Gasteiger charge is 2.28. The van der Waals surface area contributed by atoms with Gasteiger partial charge in [-0.1, -0.05) is 43.2 Å². The maximum absolute atomic E-state index is 13.1. The van der Waals surface area contributed by atoms with E-state index in [2.05, 4.69) is 0 Å². The Morgan fingerprint density at radius 1 is 1.03 bits per heavy atom. The Morgan fingerprint density at radius 3 is 2.55 bits per heavy atom. The van der Waals surface area contributed by atoms with Gasteiger partial charge in [-0.3, -0.25) is 4.79 Å². The van der Waals surface area contributed by atoms with Crippen LogP contribution in [0.25, 0.3) is 0 Å². The zero-order chi connectivity index (χ0) is 20.1. The number of hydrogen-bond acceptors (Lipinski definition) is 3. The lowest BCUT2D eigenvalue weighted by Crippen LogP contribution is -2.37. The number of nitrogens with zero attached hydrogens (tertiary/aromatic N) is 1. The van der Waals surface area contributed by atoms with Gasteiger partial charge in [-0.15, -0.1) is 11.3 Å². The van der Waals surface area contributed by atoms with Crippen LogP contribution in [-0.2, 0) is 13.2 Å². The van der Waals surface area contributed by atoms with Crippen LogP contribution in [0.15, 0.2) is 66.0 Å². The highest BCUT2D eigenvalue weighted by atomic mass is 32.1. The van der Waals surface area contributed by atoms with Crippen LogP contribution < -0.4 is 4.74 Å². The van der Waals surface area contributed by atoms with Crippen LogP contribution in [0.1, 0.15) is 46.5 Å². The molecule has 4 rings (SSSR count). The van der Waals surface area contributed by atoms with Gasteiger partial charge in [0.25, 0.3) is 5.91 Å². The van der Waals surface area contributed by atoms with Crippen LogP contribution in [0.3, 0.4) is 0 Å². The minimum atomic E-state index is -0.252. The molecule has 0 aliphatic heterocycles. The van der Waals surface area contributed by atoms with E-state index in [1.165, 1.54) is 36.3 Å². The lowest BCUT2D eigenvalue weighted by Gasteiger charge is -2.29. The fourth-order valence-electron chi connectivity index (χ4n) is 3.80. The van der Waals surface area contributed by atoms with Crippen molar-refractivity contribution in [1.82, 2.24) is 4.90 Å². The largest absolute Gasteiger partial charge is 0.489 e. The Kier molecular flexibility index (Phi) is 6.25. The molecule has 1 aromatic heterocycles. The molecule has 150 valence electrons. The Hall–Kier alpha value is -2.66. The molecular formula is C24H24FNO2S. The normalized spacial score (nSPS) is 14.1. The van der Waals surface area contributed by atoms with Gasteiger partial charge in [-0.2, -0.15) is 0 Å². The minimum absolute atomic E-state index is 0.115. The zero-order valence-electron chi connectivity index (χ0n) is 16.2. The van der Waals surface area contributed by atoms with Crippen molar-refractivity contribution < 1.29 is 13.9 Å².